The third-order valence-corrected chi connectivity index (χ3v) is 6.27. The number of benzene rings is 2. The van der Waals surface area contributed by atoms with Crippen LogP contribution in [0.4, 0.5) is 23.7 Å². The van der Waals surface area contributed by atoms with Crippen molar-refractivity contribution in [2.24, 2.45) is 0 Å². The van der Waals surface area contributed by atoms with Gasteiger partial charge in [-0.2, -0.15) is 13.2 Å². The van der Waals surface area contributed by atoms with Gasteiger partial charge in [0.15, 0.2) is 5.75 Å². The molecule has 2 heterocycles. The van der Waals surface area contributed by atoms with Crippen LogP contribution in [-0.4, -0.2) is 17.0 Å². The second kappa shape index (κ2) is 10.2. The predicted octanol–water partition coefficient (Wildman–Crippen LogP) is 6.77. The number of nitrogens with zero attached hydrogens (tertiary/aromatic N) is 1. The van der Waals surface area contributed by atoms with Crippen LogP contribution >= 0.6 is 0 Å². The highest BCUT2D eigenvalue weighted by Crippen LogP contribution is 2.41. The van der Waals surface area contributed by atoms with Crippen molar-refractivity contribution in [1.29, 1.82) is 0 Å². The van der Waals surface area contributed by atoms with E-state index in [1.54, 1.807) is 25.1 Å². The number of ether oxygens (including phenoxy) is 1. The minimum absolute atomic E-state index is 0.0104. The van der Waals surface area contributed by atoms with Crippen LogP contribution in [0, 0.1) is 6.92 Å². The molecule has 2 aliphatic rings. The Labute approximate surface area is 212 Å². The van der Waals surface area contributed by atoms with Crippen LogP contribution in [-0.2, 0) is 11.0 Å². The molecule has 2 N–H and O–H groups in total. The largest absolute Gasteiger partial charge is 0.457 e. The van der Waals surface area contributed by atoms with Crippen molar-refractivity contribution < 1.29 is 32.3 Å². The van der Waals surface area contributed by atoms with Gasteiger partial charge in [-0.15, -0.1) is 5.06 Å². The third-order valence-electron chi connectivity index (χ3n) is 6.27. The molecule has 2 aromatic rings. The number of urea groups is 1. The van der Waals surface area contributed by atoms with Gasteiger partial charge in [0.05, 0.1) is 11.6 Å². The Bertz CT molecular complexity index is 1300. The Hall–Kier alpha value is -3.95. The molecule has 0 unspecified atom stereocenters. The molecular weight excluding hydrogens is 487 g/mol. The first kappa shape index (κ1) is 26.1. The van der Waals surface area contributed by atoms with Gasteiger partial charge in [-0.05, 0) is 75.6 Å². The number of amides is 3. The number of alkyl halides is 3. The Balaban J connectivity index is 1.51. The number of hydrogen-bond donors (Lipinski definition) is 2. The average Bonchev–Trinajstić information content (AvgIpc) is 3.15. The van der Waals surface area contributed by atoms with Gasteiger partial charge < -0.3 is 20.2 Å². The van der Waals surface area contributed by atoms with Crippen LogP contribution in [0.15, 0.2) is 59.5 Å². The Kier molecular flexibility index (Phi) is 7.20. The lowest BCUT2D eigenvalue weighted by molar-refractivity contribution is -0.138. The van der Waals surface area contributed by atoms with Crippen molar-refractivity contribution in [2.45, 2.75) is 59.2 Å². The van der Waals surface area contributed by atoms with Crippen LogP contribution in [0.1, 0.15) is 62.8 Å². The van der Waals surface area contributed by atoms with Gasteiger partial charge in [0, 0.05) is 28.9 Å². The first-order valence-electron chi connectivity index (χ1n) is 12.0. The van der Waals surface area contributed by atoms with E-state index >= 15 is 0 Å². The highest BCUT2D eigenvalue weighted by Gasteiger charge is 2.35. The minimum atomic E-state index is -4.53. The normalized spacial score (nSPS) is 17.8. The molecule has 7 nitrogen and oxygen atoms in total. The average molecular weight is 516 g/mol. The van der Waals surface area contributed by atoms with Crippen LogP contribution < -0.4 is 20.2 Å². The van der Waals surface area contributed by atoms with Crippen molar-refractivity contribution in [2.75, 3.05) is 5.32 Å². The highest BCUT2D eigenvalue weighted by atomic mass is 19.4. The maximum atomic E-state index is 13.3. The van der Waals surface area contributed by atoms with Gasteiger partial charge >= 0.3 is 12.2 Å². The summed E-state index contributed by atoms with van der Waals surface area (Å²) in [5, 5.41) is 6.40. The zero-order valence-corrected chi connectivity index (χ0v) is 21.0. The van der Waals surface area contributed by atoms with Gasteiger partial charge in [0.2, 0.25) is 5.91 Å². The highest BCUT2D eigenvalue weighted by molar-refractivity contribution is 5.89. The quantitative estimate of drug-likeness (QED) is 0.431. The number of allylic oxidation sites excluding steroid dienone is 3. The summed E-state index contributed by atoms with van der Waals surface area (Å²) in [5.41, 5.74) is 1.62. The number of hydroxylamine groups is 2. The second-order valence-corrected chi connectivity index (χ2v) is 8.98. The SMILES string of the molecule is CC/C=C(/Oc1ccc2c(c1)[C@H](C)N(C(=O)Nc1ccc(C)c(C(F)(F)F)c1)O2)C1=C(C)NC(=O)CC1. The van der Waals surface area contributed by atoms with E-state index in [9.17, 15) is 22.8 Å². The monoisotopic (exact) mass is 515 g/mol. The zero-order chi connectivity index (χ0) is 26.9. The molecule has 0 aliphatic carbocycles. The van der Waals surface area contributed by atoms with Gasteiger partial charge in [0.1, 0.15) is 11.5 Å². The molecule has 0 bridgehead atoms. The second-order valence-electron chi connectivity index (χ2n) is 8.98. The summed E-state index contributed by atoms with van der Waals surface area (Å²) < 4.78 is 46.0. The summed E-state index contributed by atoms with van der Waals surface area (Å²) >= 11 is 0. The standard InChI is InChI=1S/C27H28F3N3O4/c1-5-6-23(20-10-12-25(34)31-16(20)3)36-19-9-11-24-21(14-19)17(4)33(37-24)26(35)32-18-8-7-15(2)22(13-18)27(28,29)30/h6-9,11,13-14,17H,5,10,12H2,1-4H3,(H,31,34)(H,32,35)/b23-6+/t17-/m0/s1. The van der Waals surface area contributed by atoms with Gasteiger partial charge in [-0.25, -0.2) is 4.79 Å². The summed E-state index contributed by atoms with van der Waals surface area (Å²) in [6, 6.07) is 7.54. The fourth-order valence-electron chi connectivity index (χ4n) is 4.33. The van der Waals surface area contributed by atoms with Crippen molar-refractivity contribution >= 4 is 17.6 Å². The number of rotatable bonds is 5. The van der Waals surface area contributed by atoms with E-state index in [4.69, 9.17) is 9.57 Å². The van der Waals surface area contributed by atoms with Gasteiger partial charge in [0.25, 0.3) is 0 Å². The van der Waals surface area contributed by atoms with Crippen molar-refractivity contribution in [3.05, 3.63) is 76.2 Å². The topological polar surface area (TPSA) is 79.9 Å². The lowest BCUT2D eigenvalue weighted by Crippen LogP contribution is -2.35. The van der Waals surface area contributed by atoms with E-state index in [1.807, 2.05) is 19.9 Å². The third kappa shape index (κ3) is 5.58. The number of anilines is 1. The molecule has 2 aromatic carbocycles. The summed E-state index contributed by atoms with van der Waals surface area (Å²) in [5.74, 6) is 1.60. The first-order chi connectivity index (χ1) is 17.5. The molecule has 10 heteroatoms. The summed E-state index contributed by atoms with van der Waals surface area (Å²) in [7, 11) is 0. The van der Waals surface area contributed by atoms with Gasteiger partial charge in [-0.1, -0.05) is 13.0 Å². The number of halogens is 3. The van der Waals surface area contributed by atoms with E-state index in [0.717, 1.165) is 28.8 Å². The lowest BCUT2D eigenvalue weighted by Gasteiger charge is -2.21. The minimum Gasteiger partial charge on any atom is -0.457 e. The number of carbonyl (C=O) groups is 2. The van der Waals surface area contributed by atoms with Crippen molar-refractivity contribution in [3.63, 3.8) is 0 Å². The molecular formula is C27H28F3N3O4. The molecule has 4 rings (SSSR count). The molecule has 0 fully saturated rings. The molecule has 0 radical (unpaired) electrons. The number of carbonyl (C=O) groups excluding carboxylic acids is 2. The van der Waals surface area contributed by atoms with E-state index in [2.05, 4.69) is 10.6 Å². The maximum absolute atomic E-state index is 13.3. The molecule has 37 heavy (non-hydrogen) atoms. The summed E-state index contributed by atoms with van der Waals surface area (Å²) in [4.78, 5) is 30.3. The number of aryl methyl sites for hydroxylation is 1. The van der Waals surface area contributed by atoms with Crippen LogP contribution in [0.2, 0.25) is 0 Å². The van der Waals surface area contributed by atoms with E-state index < -0.39 is 23.8 Å². The smallest absolute Gasteiger partial charge is 0.416 e. The molecule has 1 atom stereocenters. The Morgan fingerprint density at radius 3 is 2.65 bits per heavy atom. The van der Waals surface area contributed by atoms with Crippen LogP contribution in [0.25, 0.3) is 0 Å². The predicted molar refractivity (Wildman–Crippen MR) is 132 cm³/mol. The molecule has 3 amide bonds. The van der Waals surface area contributed by atoms with E-state index in [0.29, 0.717) is 35.7 Å². The Morgan fingerprint density at radius 1 is 1.22 bits per heavy atom. The number of fused-ring (bicyclic) bond motifs is 1. The molecule has 0 saturated heterocycles. The maximum Gasteiger partial charge on any atom is 0.416 e. The van der Waals surface area contributed by atoms with Crippen molar-refractivity contribution in [3.8, 4) is 11.5 Å². The number of nitrogens with one attached hydrogen (secondary N) is 2. The summed E-state index contributed by atoms with van der Waals surface area (Å²) in [6.45, 7) is 6.93. The molecule has 0 spiro atoms. The molecule has 0 saturated carbocycles. The number of hydrogen-bond acceptors (Lipinski definition) is 4. The van der Waals surface area contributed by atoms with E-state index in [-0.39, 0.29) is 17.2 Å². The lowest BCUT2D eigenvalue weighted by atomic mass is 10.0. The molecule has 196 valence electrons. The van der Waals surface area contributed by atoms with Crippen molar-refractivity contribution in [1.82, 2.24) is 10.4 Å². The zero-order valence-electron chi connectivity index (χ0n) is 21.0. The first-order valence-corrected chi connectivity index (χ1v) is 12.0. The molecule has 2 aliphatic heterocycles. The van der Waals surface area contributed by atoms with E-state index in [1.165, 1.54) is 19.1 Å². The molecule has 0 aromatic heterocycles. The van der Waals surface area contributed by atoms with Crippen LogP contribution in [0.3, 0.4) is 0 Å². The fourth-order valence-corrected chi connectivity index (χ4v) is 4.33. The van der Waals surface area contributed by atoms with Gasteiger partial charge in [-0.3, -0.25) is 4.79 Å². The van der Waals surface area contributed by atoms with Crippen LogP contribution in [0.5, 0.6) is 11.5 Å². The summed E-state index contributed by atoms with van der Waals surface area (Å²) in [6.07, 6.45) is -0.913. The fraction of sp³-hybridized carbons (Fsp3) is 0.333. The Morgan fingerprint density at radius 2 is 1.97 bits per heavy atom.